The fraction of sp³-hybridized carbons (Fsp3) is 0.406. The van der Waals surface area contributed by atoms with E-state index in [1.54, 1.807) is 28.0 Å². The molecule has 7 rings (SSSR count). The van der Waals surface area contributed by atoms with E-state index in [2.05, 4.69) is 16.4 Å². The first-order valence-corrected chi connectivity index (χ1v) is 16.5. The van der Waals surface area contributed by atoms with Gasteiger partial charge in [0.2, 0.25) is 0 Å². The Kier molecular flexibility index (Phi) is 8.42. The van der Waals surface area contributed by atoms with Crippen molar-refractivity contribution in [2.45, 2.75) is 37.8 Å². The number of hydrogen-bond donors (Lipinski definition) is 1. The number of hydrogen-bond acceptors (Lipinski definition) is 9. The molecule has 2 bridgehead atoms. The highest BCUT2D eigenvalue weighted by atomic mass is 35.5. The first-order chi connectivity index (χ1) is 23.1. The molecular weight excluding hydrogens is 671 g/mol. The number of methoxy groups -OCH3 is 1. The lowest BCUT2D eigenvalue weighted by Gasteiger charge is -2.49. The maximum atomic E-state index is 16.1. The van der Waals surface area contributed by atoms with E-state index < -0.39 is 29.9 Å². The average Bonchev–Trinajstić information content (AvgIpc) is 3.77. The minimum atomic E-state index is -2.88. The summed E-state index contributed by atoms with van der Waals surface area (Å²) in [4.78, 5) is 31.2. The van der Waals surface area contributed by atoms with Gasteiger partial charge in [0.1, 0.15) is 22.6 Å². The number of aromatic nitrogens is 3. The number of nitrogen functional groups attached to an aromatic ring is 1. The lowest BCUT2D eigenvalue weighted by atomic mass is 9.82. The van der Waals surface area contributed by atoms with Crippen molar-refractivity contribution in [3.63, 3.8) is 0 Å². The minimum absolute atomic E-state index is 0.00873. The number of rotatable bonds is 6. The second-order valence-electron chi connectivity index (χ2n) is 12.1. The zero-order valence-electron chi connectivity index (χ0n) is 25.5. The van der Waals surface area contributed by atoms with Gasteiger partial charge in [0.25, 0.3) is 12.3 Å². The predicted molar refractivity (Wildman–Crippen MR) is 171 cm³/mol. The van der Waals surface area contributed by atoms with Crippen LogP contribution in [0, 0.1) is 29.0 Å². The van der Waals surface area contributed by atoms with Gasteiger partial charge < -0.3 is 25.0 Å². The first kappa shape index (κ1) is 32.2. The van der Waals surface area contributed by atoms with Crippen LogP contribution in [0.25, 0.3) is 21.2 Å². The molecule has 1 saturated heterocycles. The minimum Gasteiger partial charge on any atom is -0.491 e. The predicted octanol–water partition coefficient (Wildman–Crippen LogP) is 5.96. The molecule has 4 aromatic rings. The Morgan fingerprint density at radius 3 is 2.85 bits per heavy atom. The Bertz CT molecular complexity index is 1980. The van der Waals surface area contributed by atoms with Crippen molar-refractivity contribution in [1.82, 2.24) is 24.8 Å². The molecule has 0 radical (unpaired) electrons. The quantitative estimate of drug-likeness (QED) is 0.260. The number of anilines is 1. The Labute approximate surface area is 281 Å². The van der Waals surface area contributed by atoms with E-state index in [0.717, 1.165) is 16.9 Å². The first-order valence-electron chi connectivity index (χ1n) is 15.3. The van der Waals surface area contributed by atoms with Crippen LogP contribution in [-0.4, -0.2) is 82.2 Å². The molecule has 4 unspecified atom stereocenters. The van der Waals surface area contributed by atoms with Gasteiger partial charge in [0, 0.05) is 60.3 Å². The summed E-state index contributed by atoms with van der Waals surface area (Å²) in [6, 6.07) is 7.09. The van der Waals surface area contributed by atoms with Crippen molar-refractivity contribution in [3.05, 3.63) is 58.1 Å². The number of nitrogens with two attached hydrogens (primary N) is 1. The van der Waals surface area contributed by atoms with Crippen LogP contribution in [0.4, 0.5) is 23.0 Å². The number of alkyl halides is 2. The van der Waals surface area contributed by atoms with Crippen LogP contribution in [0.3, 0.4) is 0 Å². The summed E-state index contributed by atoms with van der Waals surface area (Å²) in [6.07, 6.45) is -0.133. The Morgan fingerprint density at radius 1 is 1.31 bits per heavy atom. The Morgan fingerprint density at radius 2 is 2.12 bits per heavy atom. The van der Waals surface area contributed by atoms with Crippen LogP contribution in [0.5, 0.6) is 5.75 Å². The highest BCUT2D eigenvalue weighted by molar-refractivity contribution is 7.23. The molecule has 3 aliphatic rings. The van der Waals surface area contributed by atoms with Crippen molar-refractivity contribution in [2.24, 2.45) is 11.8 Å². The van der Waals surface area contributed by atoms with Gasteiger partial charge in [-0.2, -0.15) is 9.94 Å². The van der Waals surface area contributed by atoms with Crippen molar-refractivity contribution >= 4 is 50.0 Å². The van der Waals surface area contributed by atoms with Gasteiger partial charge in [-0.1, -0.05) is 28.9 Å². The van der Waals surface area contributed by atoms with E-state index in [9.17, 15) is 23.6 Å². The maximum Gasteiger partial charge on any atom is 0.346 e. The Hall–Kier alpha value is -4.39. The van der Waals surface area contributed by atoms with Crippen LogP contribution in [0.1, 0.15) is 47.3 Å². The van der Waals surface area contributed by atoms with Gasteiger partial charge >= 0.3 is 6.03 Å². The lowest BCUT2D eigenvalue weighted by molar-refractivity contribution is 0.00447. The van der Waals surface area contributed by atoms with E-state index in [4.69, 9.17) is 26.8 Å². The van der Waals surface area contributed by atoms with Gasteiger partial charge in [0.15, 0.2) is 5.75 Å². The van der Waals surface area contributed by atoms with Gasteiger partial charge in [-0.15, -0.1) is 16.4 Å². The summed E-state index contributed by atoms with van der Waals surface area (Å²) in [5.74, 6) is -1.46. The van der Waals surface area contributed by atoms with E-state index in [1.807, 2.05) is 0 Å². The van der Waals surface area contributed by atoms with Gasteiger partial charge in [-0.05, 0) is 36.5 Å². The number of thiophene rings is 1. The second kappa shape index (κ2) is 12.6. The molecule has 0 spiro atoms. The fourth-order valence-electron chi connectivity index (χ4n) is 7.66. The molecular formula is C32H29ClF3N7O4S. The largest absolute Gasteiger partial charge is 0.491 e. The third-order valence-electron chi connectivity index (χ3n) is 9.64. The number of carbonyl (C=O) groups is 2. The molecule has 2 aromatic heterocycles. The molecule has 11 nitrogen and oxygen atoms in total. The molecule has 2 aliphatic heterocycles. The average molecular weight is 700 g/mol. The topological polar surface area (TPSA) is 140 Å². The van der Waals surface area contributed by atoms with Gasteiger partial charge in [0.05, 0.1) is 35.6 Å². The van der Waals surface area contributed by atoms with Crippen molar-refractivity contribution in [2.75, 3.05) is 39.1 Å². The Balaban J connectivity index is 1.23. The molecule has 48 heavy (non-hydrogen) atoms. The van der Waals surface area contributed by atoms with Crippen molar-refractivity contribution < 1.29 is 32.2 Å². The number of nitrogens with zero attached hydrogens (tertiary/aromatic N) is 6. The van der Waals surface area contributed by atoms with Crippen LogP contribution in [0.2, 0.25) is 5.02 Å². The smallest absolute Gasteiger partial charge is 0.346 e. The number of benzene rings is 2. The third kappa shape index (κ3) is 5.13. The van der Waals surface area contributed by atoms with Gasteiger partial charge in [-0.25, -0.2) is 18.0 Å². The summed E-state index contributed by atoms with van der Waals surface area (Å²) in [5, 5.41) is 17.6. The third-order valence-corrected chi connectivity index (χ3v) is 11.0. The van der Waals surface area contributed by atoms with E-state index in [0.29, 0.717) is 39.9 Å². The van der Waals surface area contributed by atoms with Crippen LogP contribution < -0.4 is 10.5 Å². The number of fused-ring (bicyclic) bond motifs is 6. The fourth-order valence-corrected chi connectivity index (χ4v) is 8.96. The molecule has 1 aliphatic carbocycles. The molecule has 4 atom stereocenters. The lowest BCUT2D eigenvalue weighted by Crippen LogP contribution is -2.61. The van der Waals surface area contributed by atoms with E-state index in [-0.39, 0.29) is 77.7 Å². The molecule has 16 heteroatoms. The van der Waals surface area contributed by atoms with E-state index >= 15 is 4.39 Å². The molecule has 4 heterocycles. The molecule has 1 saturated carbocycles. The van der Waals surface area contributed by atoms with E-state index in [1.165, 1.54) is 18.4 Å². The summed E-state index contributed by atoms with van der Waals surface area (Å²) in [6.45, 7) is 0.798. The molecule has 2 aromatic carbocycles. The normalized spacial score (nSPS) is 21.8. The number of nitriles is 1. The van der Waals surface area contributed by atoms with Crippen LogP contribution in [-0.2, 0) is 4.74 Å². The number of halogens is 4. The summed E-state index contributed by atoms with van der Waals surface area (Å²) >= 11 is 8.08. The number of carbonyl (C=O) groups excluding carboxylic acids is 2. The molecule has 2 N–H and O–H groups in total. The summed E-state index contributed by atoms with van der Waals surface area (Å²) in [7, 11) is 1.50. The van der Waals surface area contributed by atoms with Crippen molar-refractivity contribution in [1.29, 1.82) is 5.26 Å². The zero-order chi connectivity index (χ0) is 33.9. The highest BCUT2D eigenvalue weighted by Gasteiger charge is 2.53. The SMILES string of the molecule is COCCN(C(=O)n1cc(C(F)F)nn1)C1C2CCC1C1CCOc3c(cc(F)c(-c4cccc5sc(N)c(C#N)c45)c3Cl)C(=O)N1C2. The number of amides is 2. The number of ether oxygens (including phenoxy) is 2. The zero-order valence-corrected chi connectivity index (χ0v) is 27.1. The molecule has 250 valence electrons. The van der Waals surface area contributed by atoms with Crippen molar-refractivity contribution in [3.8, 4) is 22.9 Å². The standard InChI is InChI=1S/C32H29ClF3N7O4S/c1-46-10-8-41(32(45)43-14-21(29(35)36)39-40-43)27-15-5-6-16(27)22-7-9-47-28-18(31(44)42(22)13-15)11-20(34)25(26(28)33)17-3-2-4-23-24(17)19(12-37)30(38)48-23/h2-4,11,14-16,22,27,29H,5-10,13,38H2,1H3. The second-order valence-corrected chi connectivity index (χ2v) is 13.5. The monoisotopic (exact) mass is 699 g/mol. The molecule has 2 fully saturated rings. The number of piperidine rings is 1. The van der Waals surface area contributed by atoms with Gasteiger partial charge in [-0.3, -0.25) is 4.79 Å². The maximum absolute atomic E-state index is 16.1. The summed E-state index contributed by atoms with van der Waals surface area (Å²) < 4.78 is 55.5. The molecule has 2 amide bonds. The highest BCUT2D eigenvalue weighted by Crippen LogP contribution is 2.49. The summed E-state index contributed by atoms with van der Waals surface area (Å²) in [5.41, 5.74) is 6.06. The van der Waals surface area contributed by atoms with Crippen LogP contribution in [0.15, 0.2) is 30.5 Å². The van der Waals surface area contributed by atoms with Crippen LogP contribution >= 0.6 is 22.9 Å².